The molecule has 7 heteroatoms. The highest BCUT2D eigenvalue weighted by Gasteiger charge is 2.34. The van der Waals surface area contributed by atoms with Crippen molar-refractivity contribution in [2.24, 2.45) is 0 Å². The van der Waals surface area contributed by atoms with Crippen molar-refractivity contribution in [3.8, 4) is 0 Å². The molecule has 1 saturated carbocycles. The Morgan fingerprint density at radius 3 is 2.31 bits per heavy atom. The van der Waals surface area contributed by atoms with E-state index in [-0.39, 0.29) is 16.7 Å². The van der Waals surface area contributed by atoms with E-state index in [1.165, 1.54) is 19.4 Å². The second-order valence-electron chi connectivity index (χ2n) is 6.40. The Hall–Kier alpha value is -2.83. The lowest BCUT2D eigenvalue weighted by Gasteiger charge is -2.07. The number of Topliss-reactive ketones (excluding diaryl/α,β-unsaturated/α-hetero) is 1. The molecule has 0 atom stereocenters. The van der Waals surface area contributed by atoms with E-state index >= 15 is 0 Å². The molecule has 7 nitrogen and oxygen atoms in total. The molecular weight excluding hydrogens is 338 g/mol. The third-order valence-electron chi connectivity index (χ3n) is 4.69. The number of hydrogen-bond donors (Lipinski definition) is 0. The molecule has 0 spiro atoms. The minimum absolute atomic E-state index is 0.248. The number of carbonyl (C=O) groups excluding carboxylic acids is 3. The van der Waals surface area contributed by atoms with Gasteiger partial charge < -0.3 is 18.5 Å². The summed E-state index contributed by atoms with van der Waals surface area (Å²) >= 11 is 0. The van der Waals surface area contributed by atoms with Crippen molar-refractivity contribution in [2.75, 3.05) is 13.7 Å². The molecule has 0 bridgehead atoms. The summed E-state index contributed by atoms with van der Waals surface area (Å²) in [6, 6.07) is 1.79. The maximum Gasteiger partial charge on any atom is 0.342 e. The van der Waals surface area contributed by atoms with Gasteiger partial charge in [0, 0.05) is 17.4 Å². The number of ketones is 1. The zero-order valence-corrected chi connectivity index (χ0v) is 15.3. The quantitative estimate of drug-likeness (QED) is 0.581. The number of nitrogens with zero attached hydrogens (tertiary/aromatic N) is 1. The summed E-state index contributed by atoms with van der Waals surface area (Å²) in [5.74, 6) is -1.21. The molecule has 0 N–H and O–H groups in total. The zero-order chi connectivity index (χ0) is 19.0. The van der Waals surface area contributed by atoms with Crippen LogP contribution in [0.2, 0.25) is 0 Å². The number of aryl methyl sites for hydroxylation is 1. The number of hydrogen-bond acceptors (Lipinski definition) is 6. The van der Waals surface area contributed by atoms with Crippen molar-refractivity contribution in [1.82, 2.24) is 4.57 Å². The number of aromatic nitrogens is 1. The van der Waals surface area contributed by atoms with Crippen LogP contribution in [0.1, 0.15) is 67.1 Å². The topological polar surface area (TPSA) is 87.7 Å². The fourth-order valence-electron chi connectivity index (χ4n) is 3.31. The Morgan fingerprint density at radius 2 is 1.77 bits per heavy atom. The van der Waals surface area contributed by atoms with E-state index in [1.807, 2.05) is 4.57 Å². The van der Waals surface area contributed by atoms with Crippen molar-refractivity contribution in [3.63, 3.8) is 0 Å². The maximum atomic E-state index is 12.8. The smallest absolute Gasteiger partial charge is 0.342 e. The summed E-state index contributed by atoms with van der Waals surface area (Å²) in [5.41, 5.74) is 2.19. The zero-order valence-electron chi connectivity index (χ0n) is 15.3. The third-order valence-corrected chi connectivity index (χ3v) is 4.69. The predicted molar refractivity (Wildman–Crippen MR) is 91.6 cm³/mol. The Balaban J connectivity index is 1.86. The SMILES string of the molecule is COC(=O)c1c(C(=O)COC(=O)c2ccoc2C)c(C)n(C2CC2)c1C. The summed E-state index contributed by atoms with van der Waals surface area (Å²) in [7, 11) is 1.28. The van der Waals surface area contributed by atoms with Gasteiger partial charge in [-0.25, -0.2) is 9.59 Å². The number of esters is 2. The van der Waals surface area contributed by atoms with Gasteiger partial charge in [-0.3, -0.25) is 4.79 Å². The lowest BCUT2D eigenvalue weighted by molar-refractivity contribution is 0.0471. The minimum atomic E-state index is -0.639. The van der Waals surface area contributed by atoms with Gasteiger partial charge in [-0.15, -0.1) is 0 Å². The Morgan fingerprint density at radius 1 is 1.12 bits per heavy atom. The molecule has 1 aliphatic carbocycles. The Kier molecular flexibility index (Phi) is 4.71. The molecule has 1 aliphatic rings. The maximum absolute atomic E-state index is 12.8. The molecule has 138 valence electrons. The molecule has 1 fully saturated rings. The molecule has 0 aliphatic heterocycles. The van der Waals surface area contributed by atoms with Crippen LogP contribution in [0.15, 0.2) is 16.7 Å². The molecule has 0 amide bonds. The molecule has 0 radical (unpaired) electrons. The lowest BCUT2D eigenvalue weighted by Crippen LogP contribution is -2.18. The van der Waals surface area contributed by atoms with Crippen LogP contribution in [0, 0.1) is 20.8 Å². The molecule has 2 aromatic heterocycles. The first-order chi connectivity index (χ1) is 12.4. The van der Waals surface area contributed by atoms with Gasteiger partial charge in [-0.05, 0) is 39.7 Å². The van der Waals surface area contributed by atoms with Crippen LogP contribution in [0.25, 0.3) is 0 Å². The number of carbonyl (C=O) groups is 3. The lowest BCUT2D eigenvalue weighted by atomic mass is 10.1. The molecule has 0 aromatic carbocycles. The average molecular weight is 359 g/mol. The highest BCUT2D eigenvalue weighted by atomic mass is 16.5. The van der Waals surface area contributed by atoms with Crippen LogP contribution in [0.5, 0.6) is 0 Å². The number of rotatable bonds is 6. The van der Waals surface area contributed by atoms with Gasteiger partial charge in [0.1, 0.15) is 11.3 Å². The van der Waals surface area contributed by atoms with Crippen LogP contribution >= 0.6 is 0 Å². The van der Waals surface area contributed by atoms with Crippen molar-refractivity contribution < 1.29 is 28.3 Å². The fraction of sp³-hybridized carbons (Fsp3) is 0.421. The molecule has 0 saturated heterocycles. The van der Waals surface area contributed by atoms with E-state index in [9.17, 15) is 14.4 Å². The number of ether oxygens (including phenoxy) is 2. The van der Waals surface area contributed by atoms with Gasteiger partial charge in [0.05, 0.1) is 24.5 Å². The highest BCUT2D eigenvalue weighted by molar-refractivity contribution is 6.09. The van der Waals surface area contributed by atoms with Crippen molar-refractivity contribution in [2.45, 2.75) is 39.7 Å². The first-order valence-electron chi connectivity index (χ1n) is 8.40. The van der Waals surface area contributed by atoms with Crippen molar-refractivity contribution in [3.05, 3.63) is 46.2 Å². The molecule has 2 heterocycles. The van der Waals surface area contributed by atoms with Crippen LogP contribution in [0.4, 0.5) is 0 Å². The third kappa shape index (κ3) is 3.05. The highest BCUT2D eigenvalue weighted by Crippen LogP contribution is 2.40. The summed E-state index contributed by atoms with van der Waals surface area (Å²) in [6.45, 7) is 4.78. The standard InChI is InChI=1S/C19H21NO6/c1-10-16(15(21)9-26-18(22)14-7-8-25-12(14)3)17(19(23)24-4)11(2)20(10)13-5-6-13/h7-8,13H,5-6,9H2,1-4H3. The first kappa shape index (κ1) is 18.0. The van der Waals surface area contributed by atoms with Crippen molar-refractivity contribution in [1.29, 1.82) is 0 Å². The molecule has 26 heavy (non-hydrogen) atoms. The fourth-order valence-corrected chi connectivity index (χ4v) is 3.31. The minimum Gasteiger partial charge on any atom is -0.469 e. The van der Waals surface area contributed by atoms with Gasteiger partial charge in [0.2, 0.25) is 5.78 Å². The summed E-state index contributed by atoms with van der Waals surface area (Å²) in [6.07, 6.45) is 3.41. The van der Waals surface area contributed by atoms with Gasteiger partial charge in [0.25, 0.3) is 0 Å². The van der Waals surface area contributed by atoms with Gasteiger partial charge in [-0.2, -0.15) is 0 Å². The van der Waals surface area contributed by atoms with E-state index < -0.39 is 24.3 Å². The normalized spacial score (nSPS) is 13.5. The van der Waals surface area contributed by atoms with Crippen LogP contribution in [-0.4, -0.2) is 36.0 Å². The van der Waals surface area contributed by atoms with Crippen LogP contribution < -0.4 is 0 Å². The molecule has 0 unspecified atom stereocenters. The predicted octanol–water partition coefficient (Wildman–Crippen LogP) is 3.17. The van der Waals surface area contributed by atoms with Crippen LogP contribution in [0.3, 0.4) is 0 Å². The first-order valence-corrected chi connectivity index (χ1v) is 8.40. The summed E-state index contributed by atoms with van der Waals surface area (Å²) in [4.78, 5) is 37.1. The second kappa shape index (κ2) is 6.82. The second-order valence-corrected chi connectivity index (χ2v) is 6.40. The van der Waals surface area contributed by atoms with Gasteiger partial charge >= 0.3 is 11.9 Å². The van der Waals surface area contributed by atoms with Crippen LogP contribution in [-0.2, 0) is 9.47 Å². The summed E-state index contributed by atoms with van der Waals surface area (Å²) in [5, 5.41) is 0. The van der Waals surface area contributed by atoms with E-state index in [2.05, 4.69) is 0 Å². The largest absolute Gasteiger partial charge is 0.469 e. The van der Waals surface area contributed by atoms with Crippen molar-refractivity contribution >= 4 is 17.7 Å². The van der Waals surface area contributed by atoms with E-state index in [0.717, 1.165) is 12.8 Å². The molecule has 3 rings (SSSR count). The number of furan rings is 1. The Labute approximate surface area is 150 Å². The van der Waals surface area contributed by atoms with Gasteiger partial charge in [-0.1, -0.05) is 0 Å². The number of methoxy groups -OCH3 is 1. The van der Waals surface area contributed by atoms with E-state index in [1.54, 1.807) is 20.8 Å². The summed E-state index contributed by atoms with van der Waals surface area (Å²) < 4.78 is 17.0. The van der Waals surface area contributed by atoms with E-state index in [0.29, 0.717) is 23.2 Å². The van der Waals surface area contributed by atoms with E-state index in [4.69, 9.17) is 13.9 Å². The van der Waals surface area contributed by atoms with Gasteiger partial charge in [0.15, 0.2) is 6.61 Å². The molecular formula is C19H21NO6. The Bertz CT molecular complexity index is 884. The monoisotopic (exact) mass is 359 g/mol. The average Bonchev–Trinajstić information content (AvgIpc) is 3.29. The molecule has 2 aromatic rings.